The molecular formula is C9H8ClNO3. The van der Waals surface area contributed by atoms with E-state index in [1.54, 1.807) is 24.3 Å². The highest BCUT2D eigenvalue weighted by atomic mass is 35.5. The Bertz CT molecular complexity index is 359. The van der Waals surface area contributed by atoms with Crippen LogP contribution in [0.15, 0.2) is 30.0 Å². The van der Waals surface area contributed by atoms with E-state index >= 15 is 0 Å². The van der Waals surface area contributed by atoms with Crippen molar-refractivity contribution in [3.05, 3.63) is 50.7 Å². The maximum atomic E-state index is 10.4. The fraction of sp³-hybridized carbons (Fsp3) is 0.111. The SMILES string of the molecule is O=[N+]([O-])/C(=C\c1ccc(Cl)cc1)CO. The molecule has 0 aliphatic heterocycles. The van der Waals surface area contributed by atoms with Gasteiger partial charge in [0.1, 0.15) is 6.61 Å². The van der Waals surface area contributed by atoms with Gasteiger partial charge in [0.15, 0.2) is 0 Å². The molecule has 0 aromatic heterocycles. The molecule has 0 aliphatic rings. The van der Waals surface area contributed by atoms with E-state index in [1.807, 2.05) is 0 Å². The van der Waals surface area contributed by atoms with Gasteiger partial charge in [0, 0.05) is 11.1 Å². The van der Waals surface area contributed by atoms with Crippen molar-refractivity contribution in [3.8, 4) is 0 Å². The average molecular weight is 214 g/mol. The van der Waals surface area contributed by atoms with Crippen LogP contribution in [0, 0.1) is 10.1 Å². The van der Waals surface area contributed by atoms with Gasteiger partial charge in [0.05, 0.1) is 4.92 Å². The van der Waals surface area contributed by atoms with E-state index in [1.165, 1.54) is 6.08 Å². The number of nitro groups is 1. The number of nitrogens with zero attached hydrogens (tertiary/aromatic N) is 1. The lowest BCUT2D eigenvalue weighted by atomic mass is 10.2. The van der Waals surface area contributed by atoms with Gasteiger partial charge in [-0.2, -0.15) is 0 Å². The van der Waals surface area contributed by atoms with Crippen LogP contribution in [0.2, 0.25) is 5.02 Å². The summed E-state index contributed by atoms with van der Waals surface area (Å²) in [5, 5.41) is 19.6. The lowest BCUT2D eigenvalue weighted by molar-refractivity contribution is -0.428. The molecule has 4 nitrogen and oxygen atoms in total. The zero-order chi connectivity index (χ0) is 10.6. The minimum Gasteiger partial charge on any atom is -0.385 e. The molecular weight excluding hydrogens is 206 g/mol. The van der Waals surface area contributed by atoms with Gasteiger partial charge in [-0.05, 0) is 17.7 Å². The highest BCUT2D eigenvalue weighted by molar-refractivity contribution is 6.30. The predicted molar refractivity (Wildman–Crippen MR) is 53.5 cm³/mol. The van der Waals surface area contributed by atoms with Crippen LogP contribution >= 0.6 is 11.6 Å². The van der Waals surface area contributed by atoms with Crippen molar-refractivity contribution < 1.29 is 10.0 Å². The van der Waals surface area contributed by atoms with E-state index in [9.17, 15) is 10.1 Å². The number of halogens is 1. The molecule has 0 saturated carbocycles. The van der Waals surface area contributed by atoms with Gasteiger partial charge in [-0.15, -0.1) is 0 Å². The molecule has 0 atom stereocenters. The van der Waals surface area contributed by atoms with Crippen molar-refractivity contribution in [2.24, 2.45) is 0 Å². The number of hydrogen-bond acceptors (Lipinski definition) is 3. The maximum absolute atomic E-state index is 10.4. The molecule has 1 aromatic carbocycles. The number of rotatable bonds is 3. The Kier molecular flexibility index (Phi) is 3.62. The van der Waals surface area contributed by atoms with Crippen molar-refractivity contribution in [1.29, 1.82) is 0 Å². The first-order valence-corrected chi connectivity index (χ1v) is 4.22. The standard InChI is InChI=1S/C9H8ClNO3/c10-8-3-1-7(2-4-8)5-9(6-12)11(13)14/h1-5,12H,6H2/b9-5-. The van der Waals surface area contributed by atoms with Crippen molar-refractivity contribution >= 4 is 17.7 Å². The molecule has 0 unspecified atom stereocenters. The molecule has 0 saturated heterocycles. The average Bonchev–Trinajstić information content (AvgIpc) is 2.16. The van der Waals surface area contributed by atoms with Gasteiger partial charge < -0.3 is 5.11 Å². The van der Waals surface area contributed by atoms with Crippen LogP contribution in [0.1, 0.15) is 5.56 Å². The minimum atomic E-state index is -0.616. The molecule has 0 radical (unpaired) electrons. The van der Waals surface area contributed by atoms with Crippen molar-refractivity contribution in [2.75, 3.05) is 6.61 Å². The molecule has 0 spiro atoms. The summed E-state index contributed by atoms with van der Waals surface area (Å²) < 4.78 is 0. The van der Waals surface area contributed by atoms with Crippen LogP contribution in [-0.2, 0) is 0 Å². The fourth-order valence-corrected chi connectivity index (χ4v) is 1.03. The molecule has 0 aliphatic carbocycles. The van der Waals surface area contributed by atoms with Crippen LogP contribution in [0.25, 0.3) is 6.08 Å². The smallest absolute Gasteiger partial charge is 0.271 e. The Balaban J connectivity index is 2.95. The second kappa shape index (κ2) is 4.74. The molecule has 0 bridgehead atoms. The molecule has 14 heavy (non-hydrogen) atoms. The number of aliphatic hydroxyl groups excluding tert-OH is 1. The molecule has 0 amide bonds. The summed E-state index contributed by atoms with van der Waals surface area (Å²) >= 11 is 5.64. The molecule has 1 N–H and O–H groups in total. The van der Waals surface area contributed by atoms with Gasteiger partial charge >= 0.3 is 0 Å². The van der Waals surface area contributed by atoms with Crippen molar-refractivity contribution in [2.45, 2.75) is 0 Å². The highest BCUT2D eigenvalue weighted by Gasteiger charge is 2.07. The second-order valence-electron chi connectivity index (χ2n) is 2.60. The van der Waals surface area contributed by atoms with Crippen LogP contribution in [0.5, 0.6) is 0 Å². The summed E-state index contributed by atoms with van der Waals surface area (Å²) in [6.07, 6.45) is 1.30. The summed E-state index contributed by atoms with van der Waals surface area (Å²) in [5.74, 6) is 0. The fourth-order valence-electron chi connectivity index (χ4n) is 0.907. The van der Waals surface area contributed by atoms with Crippen LogP contribution in [0.3, 0.4) is 0 Å². The van der Waals surface area contributed by atoms with E-state index < -0.39 is 11.5 Å². The first kappa shape index (κ1) is 10.7. The number of benzene rings is 1. The van der Waals surface area contributed by atoms with Gasteiger partial charge in [-0.1, -0.05) is 23.7 Å². The highest BCUT2D eigenvalue weighted by Crippen LogP contribution is 2.12. The third-order valence-corrected chi connectivity index (χ3v) is 1.85. The van der Waals surface area contributed by atoms with E-state index in [-0.39, 0.29) is 5.70 Å². The summed E-state index contributed by atoms with van der Waals surface area (Å²) in [7, 11) is 0. The first-order valence-electron chi connectivity index (χ1n) is 3.85. The van der Waals surface area contributed by atoms with Crippen LogP contribution in [0.4, 0.5) is 0 Å². The minimum absolute atomic E-state index is 0.243. The van der Waals surface area contributed by atoms with Crippen LogP contribution in [-0.4, -0.2) is 16.6 Å². The normalized spacial score (nSPS) is 11.4. The Morgan fingerprint density at radius 3 is 2.50 bits per heavy atom. The molecule has 0 fully saturated rings. The quantitative estimate of drug-likeness (QED) is 0.617. The Morgan fingerprint density at radius 1 is 1.50 bits per heavy atom. The molecule has 1 aromatic rings. The van der Waals surface area contributed by atoms with Gasteiger partial charge in [0.2, 0.25) is 0 Å². The summed E-state index contributed by atoms with van der Waals surface area (Å²) in [6.45, 7) is -0.588. The number of aliphatic hydroxyl groups is 1. The van der Waals surface area contributed by atoms with E-state index in [2.05, 4.69) is 0 Å². The Morgan fingerprint density at radius 2 is 2.07 bits per heavy atom. The van der Waals surface area contributed by atoms with E-state index in [0.29, 0.717) is 10.6 Å². The lowest BCUT2D eigenvalue weighted by Crippen LogP contribution is -2.02. The van der Waals surface area contributed by atoms with E-state index in [0.717, 1.165) is 0 Å². The first-order chi connectivity index (χ1) is 6.63. The lowest BCUT2D eigenvalue weighted by Gasteiger charge is -1.95. The summed E-state index contributed by atoms with van der Waals surface area (Å²) in [5.41, 5.74) is 0.391. The zero-order valence-corrected chi connectivity index (χ0v) is 7.94. The van der Waals surface area contributed by atoms with Crippen LogP contribution < -0.4 is 0 Å². The topological polar surface area (TPSA) is 63.4 Å². The second-order valence-corrected chi connectivity index (χ2v) is 3.04. The van der Waals surface area contributed by atoms with Crippen molar-refractivity contribution in [3.63, 3.8) is 0 Å². The van der Waals surface area contributed by atoms with Gasteiger partial charge in [-0.3, -0.25) is 10.1 Å². The molecule has 5 heteroatoms. The third kappa shape index (κ3) is 2.83. The van der Waals surface area contributed by atoms with Gasteiger partial charge in [-0.25, -0.2) is 0 Å². The Labute approximate surface area is 85.6 Å². The Hall–Kier alpha value is -1.39. The molecule has 1 rings (SSSR count). The maximum Gasteiger partial charge on any atom is 0.271 e. The monoisotopic (exact) mass is 213 g/mol. The molecule has 74 valence electrons. The largest absolute Gasteiger partial charge is 0.385 e. The summed E-state index contributed by atoms with van der Waals surface area (Å²) in [4.78, 5) is 9.74. The summed E-state index contributed by atoms with van der Waals surface area (Å²) in [6, 6.07) is 6.54. The third-order valence-electron chi connectivity index (χ3n) is 1.60. The van der Waals surface area contributed by atoms with E-state index in [4.69, 9.17) is 16.7 Å². The number of hydrogen-bond donors (Lipinski definition) is 1. The van der Waals surface area contributed by atoms with Gasteiger partial charge in [0.25, 0.3) is 5.70 Å². The molecule has 0 heterocycles. The van der Waals surface area contributed by atoms with Crippen molar-refractivity contribution in [1.82, 2.24) is 0 Å². The predicted octanol–water partition coefficient (Wildman–Crippen LogP) is 1.95. The zero-order valence-electron chi connectivity index (χ0n) is 7.18.